The van der Waals surface area contributed by atoms with Gasteiger partial charge in [0.25, 0.3) is 0 Å². The monoisotopic (exact) mass is 492 g/mol. The molecule has 0 spiro atoms. The van der Waals surface area contributed by atoms with E-state index in [0.717, 1.165) is 28.8 Å². The average Bonchev–Trinajstić information content (AvgIpc) is 2.81. The van der Waals surface area contributed by atoms with Crippen molar-refractivity contribution < 1.29 is 14.0 Å². The summed E-state index contributed by atoms with van der Waals surface area (Å²) in [5, 5.41) is 3.37. The summed E-state index contributed by atoms with van der Waals surface area (Å²) in [6, 6.07) is 32.0. The van der Waals surface area contributed by atoms with E-state index in [2.05, 4.69) is 139 Å². The minimum atomic E-state index is -3.80. The summed E-state index contributed by atoms with van der Waals surface area (Å²) in [6.07, 6.45) is 1.60. The van der Waals surface area contributed by atoms with Crippen LogP contribution in [0.5, 0.6) is 0 Å². The fourth-order valence-corrected chi connectivity index (χ4v) is 12.6. The molecule has 3 aromatic rings. The molecule has 0 radical (unpaired) electrons. The molecule has 0 saturated carbocycles. The van der Waals surface area contributed by atoms with Crippen molar-refractivity contribution in [2.45, 2.75) is 84.1 Å². The Bertz CT molecular complexity index is 999. The molecule has 4 heteroatoms. The summed E-state index contributed by atoms with van der Waals surface area (Å²) in [5.74, 6) is 0. The molecule has 0 aromatic heterocycles. The van der Waals surface area contributed by atoms with E-state index in [1.807, 2.05) is 0 Å². The van der Waals surface area contributed by atoms with E-state index in [4.69, 9.17) is 14.0 Å². The number of hydrogen-bond acceptors (Lipinski definition) is 3. The predicted molar refractivity (Wildman–Crippen MR) is 149 cm³/mol. The van der Waals surface area contributed by atoms with Gasteiger partial charge in [0.15, 0.2) is 0 Å². The van der Waals surface area contributed by atoms with Crippen LogP contribution in [-0.4, -0.2) is 22.8 Å². The van der Waals surface area contributed by atoms with Gasteiger partial charge < -0.3 is 0 Å². The van der Waals surface area contributed by atoms with Crippen molar-refractivity contribution in [3.63, 3.8) is 0 Å². The van der Waals surface area contributed by atoms with Gasteiger partial charge in [-0.15, -0.1) is 0 Å². The zero-order valence-electron chi connectivity index (χ0n) is 22.3. The number of rotatable bonds is 7. The molecule has 3 nitrogen and oxygen atoms in total. The Kier molecular flexibility index (Phi) is 6.79. The zero-order valence-corrected chi connectivity index (χ0v) is 23.2. The second-order valence-electron chi connectivity index (χ2n) is 11.5. The molecule has 1 unspecified atom stereocenters. The average molecular weight is 493 g/mol. The molecule has 1 atom stereocenters. The van der Waals surface area contributed by atoms with Crippen molar-refractivity contribution in [3.8, 4) is 0 Å². The van der Waals surface area contributed by atoms with E-state index in [0.29, 0.717) is 0 Å². The maximum absolute atomic E-state index is 7.50. The third-order valence-corrected chi connectivity index (χ3v) is 12.7. The second-order valence-corrected chi connectivity index (χ2v) is 15.9. The van der Waals surface area contributed by atoms with E-state index in [1.165, 1.54) is 0 Å². The molecule has 1 heterocycles. The Morgan fingerprint density at radius 3 is 1.29 bits per heavy atom. The molecular weight excluding hydrogens is 451 g/mol. The van der Waals surface area contributed by atoms with Crippen LogP contribution in [0.15, 0.2) is 91.0 Å². The van der Waals surface area contributed by atoms with Crippen LogP contribution >= 0.6 is 6.83 Å². The SMILES string of the molecule is CCCC1OP(c2ccccc2)(c2ccccc2)(c2ccccc2)C1(OC(C)(C)C)OC(C)(C)C. The van der Waals surface area contributed by atoms with E-state index < -0.39 is 23.6 Å². The fraction of sp³-hybridized carbons (Fsp3) is 0.419. The summed E-state index contributed by atoms with van der Waals surface area (Å²) in [6.45, 7) is 11.1. The first-order chi connectivity index (χ1) is 16.5. The van der Waals surface area contributed by atoms with E-state index >= 15 is 0 Å². The summed E-state index contributed by atoms with van der Waals surface area (Å²) < 4.78 is 22.1. The predicted octanol–water partition coefficient (Wildman–Crippen LogP) is 6.91. The zero-order chi connectivity index (χ0) is 25.4. The Labute approximate surface area is 211 Å². The Morgan fingerprint density at radius 2 is 1.00 bits per heavy atom. The molecule has 1 saturated heterocycles. The van der Waals surface area contributed by atoms with Crippen LogP contribution in [0, 0.1) is 0 Å². The summed E-state index contributed by atoms with van der Waals surface area (Å²) in [7, 11) is 0. The quantitative estimate of drug-likeness (QED) is 0.265. The fourth-order valence-electron chi connectivity index (χ4n) is 5.63. The van der Waals surface area contributed by atoms with Crippen LogP contribution in [0.25, 0.3) is 0 Å². The van der Waals surface area contributed by atoms with Gasteiger partial charge in [-0.05, 0) is 0 Å². The second kappa shape index (κ2) is 9.12. The molecule has 0 bridgehead atoms. The molecule has 1 aliphatic rings. The Morgan fingerprint density at radius 1 is 0.657 bits per heavy atom. The molecule has 3 aromatic carbocycles. The van der Waals surface area contributed by atoms with Gasteiger partial charge in [-0.1, -0.05) is 0 Å². The summed E-state index contributed by atoms with van der Waals surface area (Å²) in [5.41, 5.74) is -1.95. The van der Waals surface area contributed by atoms with Crippen LogP contribution < -0.4 is 15.9 Å². The molecule has 0 aliphatic carbocycles. The van der Waals surface area contributed by atoms with Crippen molar-refractivity contribution >= 4 is 22.7 Å². The van der Waals surface area contributed by atoms with Crippen LogP contribution in [0.1, 0.15) is 61.3 Å². The first kappa shape index (κ1) is 26.0. The molecule has 0 N–H and O–H groups in total. The minimum absolute atomic E-state index is 0.218. The van der Waals surface area contributed by atoms with Crippen molar-refractivity contribution in [1.82, 2.24) is 0 Å². The number of ether oxygens (including phenoxy) is 2. The topological polar surface area (TPSA) is 27.7 Å². The van der Waals surface area contributed by atoms with Gasteiger partial charge in [0, 0.05) is 0 Å². The van der Waals surface area contributed by atoms with Crippen molar-refractivity contribution in [2.75, 3.05) is 0 Å². The molecule has 1 fully saturated rings. The van der Waals surface area contributed by atoms with Gasteiger partial charge >= 0.3 is 212 Å². The van der Waals surface area contributed by atoms with Crippen molar-refractivity contribution in [1.29, 1.82) is 0 Å². The molecule has 35 heavy (non-hydrogen) atoms. The first-order valence-corrected chi connectivity index (χ1v) is 14.9. The molecule has 1 aliphatic heterocycles. The molecule has 188 valence electrons. The Balaban J connectivity index is 2.25. The molecule has 0 amide bonds. The van der Waals surface area contributed by atoms with Crippen molar-refractivity contribution in [3.05, 3.63) is 91.0 Å². The number of benzene rings is 3. The third-order valence-electron chi connectivity index (χ3n) is 6.54. The van der Waals surface area contributed by atoms with Crippen LogP contribution in [0.3, 0.4) is 0 Å². The van der Waals surface area contributed by atoms with E-state index in [9.17, 15) is 0 Å². The molecular formula is C31H41O3P. The van der Waals surface area contributed by atoms with Crippen LogP contribution in [0.2, 0.25) is 0 Å². The van der Waals surface area contributed by atoms with Gasteiger partial charge in [0.05, 0.1) is 0 Å². The Hall–Kier alpha value is -2.03. The standard InChI is InChI=1S/C31H41O3P/c1-8-18-28-31(33-29(2,3)4,34-30(5,6)7)35(32-28,25-19-12-9-13-20-25,26-21-14-10-15-22-26)27-23-16-11-17-24-27/h9-17,19-24,28H,8,18H2,1-7H3. The van der Waals surface area contributed by atoms with E-state index in [-0.39, 0.29) is 6.10 Å². The number of hydrogen-bond donors (Lipinski definition) is 0. The summed E-state index contributed by atoms with van der Waals surface area (Å²) >= 11 is 0. The van der Waals surface area contributed by atoms with Crippen molar-refractivity contribution in [2.24, 2.45) is 0 Å². The van der Waals surface area contributed by atoms with Gasteiger partial charge in [-0.2, -0.15) is 0 Å². The van der Waals surface area contributed by atoms with Gasteiger partial charge in [-0.3, -0.25) is 0 Å². The third kappa shape index (κ3) is 3.98. The van der Waals surface area contributed by atoms with Crippen LogP contribution in [-0.2, 0) is 14.0 Å². The first-order valence-electron chi connectivity index (χ1n) is 12.8. The van der Waals surface area contributed by atoms with Crippen LogP contribution in [0.4, 0.5) is 0 Å². The van der Waals surface area contributed by atoms with Gasteiger partial charge in [0.2, 0.25) is 0 Å². The summed E-state index contributed by atoms with van der Waals surface area (Å²) in [4.78, 5) is 0. The van der Waals surface area contributed by atoms with E-state index in [1.54, 1.807) is 0 Å². The normalized spacial score (nSPS) is 21.9. The van der Waals surface area contributed by atoms with Gasteiger partial charge in [-0.25, -0.2) is 0 Å². The molecule has 4 rings (SSSR count). The van der Waals surface area contributed by atoms with Gasteiger partial charge in [0.1, 0.15) is 0 Å². The maximum atomic E-state index is 7.50.